The highest BCUT2D eigenvalue weighted by atomic mass is 32.2. The number of aromatic nitrogens is 3. The third-order valence-corrected chi connectivity index (χ3v) is 7.45. The zero-order valence-corrected chi connectivity index (χ0v) is 21.6. The first-order chi connectivity index (χ1) is 17.3. The lowest BCUT2D eigenvalue weighted by Crippen LogP contribution is -2.56. The maximum Gasteiger partial charge on any atom is 0.433 e. The van der Waals surface area contributed by atoms with Crippen LogP contribution in [0.3, 0.4) is 0 Å². The molecule has 37 heavy (non-hydrogen) atoms. The maximum atomic E-state index is 13.5. The molecular weight excluding hydrogens is 511 g/mol. The SMILES string of the molecule is Cc1coc(-c2ccc(N3CCN(c4ncc(CO)c(C(F)(F)F)n4)[C@H](C(C)C)C3)cc2S(C)(=O)=O)n1. The van der Waals surface area contributed by atoms with E-state index in [1.807, 2.05) is 18.7 Å². The molecule has 0 bridgehead atoms. The van der Waals surface area contributed by atoms with Gasteiger partial charge < -0.3 is 19.3 Å². The standard InChI is InChI=1S/C24H28F3N5O4S/c1-14(2)19-11-31(7-8-32(19)23-28-10-16(12-33)21(30-23)24(25,26)27)17-5-6-18(20(9-17)37(4,34)35)22-29-15(3)13-36-22/h5-6,9-10,13-14,19,33H,7-8,11-12H2,1-4H3/t19-/m0/s1. The van der Waals surface area contributed by atoms with E-state index in [4.69, 9.17) is 4.42 Å². The highest BCUT2D eigenvalue weighted by Gasteiger charge is 2.38. The van der Waals surface area contributed by atoms with Gasteiger partial charge in [0, 0.05) is 43.3 Å². The van der Waals surface area contributed by atoms with Crippen molar-refractivity contribution in [1.29, 1.82) is 0 Å². The molecule has 3 aromatic rings. The van der Waals surface area contributed by atoms with Gasteiger partial charge in [0.05, 0.1) is 28.8 Å². The second kappa shape index (κ2) is 9.93. The molecular formula is C24H28F3N5O4S. The van der Waals surface area contributed by atoms with Crippen molar-refractivity contribution in [2.24, 2.45) is 5.92 Å². The Morgan fingerprint density at radius 2 is 1.95 bits per heavy atom. The molecule has 13 heteroatoms. The normalized spacial score (nSPS) is 17.1. The summed E-state index contributed by atoms with van der Waals surface area (Å²) in [4.78, 5) is 15.9. The van der Waals surface area contributed by atoms with Gasteiger partial charge in [0.15, 0.2) is 15.5 Å². The second-order valence-corrected chi connectivity index (χ2v) is 11.4. The lowest BCUT2D eigenvalue weighted by molar-refractivity contribution is -0.142. The summed E-state index contributed by atoms with van der Waals surface area (Å²) in [6, 6.07) is 4.75. The molecule has 3 heterocycles. The fourth-order valence-corrected chi connectivity index (χ4v) is 5.32. The molecule has 1 fully saturated rings. The van der Waals surface area contributed by atoms with E-state index >= 15 is 0 Å². The minimum absolute atomic E-state index is 0.0159. The van der Waals surface area contributed by atoms with Gasteiger partial charge in [0.2, 0.25) is 11.8 Å². The van der Waals surface area contributed by atoms with Gasteiger partial charge in [-0.2, -0.15) is 13.2 Å². The number of anilines is 2. The van der Waals surface area contributed by atoms with Gasteiger partial charge in [-0.1, -0.05) is 13.8 Å². The first kappa shape index (κ1) is 26.9. The molecule has 0 spiro atoms. The van der Waals surface area contributed by atoms with E-state index in [2.05, 4.69) is 15.0 Å². The Hall–Kier alpha value is -3.19. The van der Waals surface area contributed by atoms with E-state index in [9.17, 15) is 26.7 Å². The number of oxazole rings is 1. The van der Waals surface area contributed by atoms with Crippen molar-refractivity contribution in [1.82, 2.24) is 15.0 Å². The number of piperazine rings is 1. The number of hydrogen-bond donors (Lipinski definition) is 1. The van der Waals surface area contributed by atoms with E-state index < -0.39 is 28.3 Å². The van der Waals surface area contributed by atoms with Crippen molar-refractivity contribution < 1.29 is 31.1 Å². The summed E-state index contributed by atoms with van der Waals surface area (Å²) < 4.78 is 71.2. The largest absolute Gasteiger partial charge is 0.444 e. The summed E-state index contributed by atoms with van der Waals surface area (Å²) in [6.07, 6.45) is -1.15. The Morgan fingerprint density at radius 1 is 1.22 bits per heavy atom. The van der Waals surface area contributed by atoms with Crippen LogP contribution in [0.15, 0.2) is 40.0 Å². The summed E-state index contributed by atoms with van der Waals surface area (Å²) in [5.74, 6) is 0.162. The molecule has 0 saturated carbocycles. The smallest absolute Gasteiger partial charge is 0.433 e. The zero-order chi connectivity index (χ0) is 27.1. The van der Waals surface area contributed by atoms with Crippen molar-refractivity contribution in [3.05, 3.63) is 47.6 Å². The number of benzene rings is 1. The molecule has 9 nitrogen and oxygen atoms in total. The second-order valence-electron chi connectivity index (χ2n) is 9.40. The minimum atomic E-state index is -4.73. The molecule has 0 amide bonds. The predicted molar refractivity (Wildman–Crippen MR) is 131 cm³/mol. The lowest BCUT2D eigenvalue weighted by atomic mass is 9.99. The molecule has 1 N–H and O–H groups in total. The monoisotopic (exact) mass is 539 g/mol. The first-order valence-corrected chi connectivity index (χ1v) is 13.5. The molecule has 1 saturated heterocycles. The first-order valence-electron chi connectivity index (χ1n) is 11.6. The Morgan fingerprint density at radius 3 is 2.51 bits per heavy atom. The number of halogens is 3. The summed E-state index contributed by atoms with van der Waals surface area (Å²) in [5.41, 5.74) is 0.101. The molecule has 1 atom stereocenters. The topological polar surface area (TPSA) is 113 Å². The highest BCUT2D eigenvalue weighted by molar-refractivity contribution is 7.90. The minimum Gasteiger partial charge on any atom is -0.444 e. The van der Waals surface area contributed by atoms with Crippen LogP contribution >= 0.6 is 0 Å². The predicted octanol–water partition coefficient (Wildman–Crippen LogP) is 3.71. The number of aryl methyl sites for hydroxylation is 1. The quantitative estimate of drug-likeness (QED) is 0.501. The number of aliphatic hydroxyl groups excluding tert-OH is 1. The molecule has 0 unspecified atom stereocenters. The van der Waals surface area contributed by atoms with Crippen LogP contribution in [0.5, 0.6) is 0 Å². The van der Waals surface area contributed by atoms with E-state index in [-0.39, 0.29) is 34.3 Å². The average molecular weight is 540 g/mol. The molecule has 200 valence electrons. The molecule has 1 aliphatic rings. The maximum absolute atomic E-state index is 13.5. The fourth-order valence-electron chi connectivity index (χ4n) is 4.43. The Bertz CT molecular complexity index is 1390. The summed E-state index contributed by atoms with van der Waals surface area (Å²) in [6.45, 7) is 5.94. The fraction of sp³-hybridized carbons (Fsp3) is 0.458. The van der Waals surface area contributed by atoms with Crippen LogP contribution in [0, 0.1) is 12.8 Å². The van der Waals surface area contributed by atoms with Crippen LogP contribution in [0.4, 0.5) is 24.8 Å². The van der Waals surface area contributed by atoms with E-state index in [0.29, 0.717) is 36.6 Å². The Labute approximate surface area is 212 Å². The number of sulfone groups is 1. The van der Waals surface area contributed by atoms with Gasteiger partial charge in [-0.05, 0) is 31.0 Å². The molecule has 4 rings (SSSR count). The van der Waals surface area contributed by atoms with E-state index in [1.54, 1.807) is 30.0 Å². The van der Waals surface area contributed by atoms with Crippen molar-refractivity contribution >= 4 is 21.5 Å². The van der Waals surface area contributed by atoms with Crippen molar-refractivity contribution in [2.45, 2.75) is 44.5 Å². The van der Waals surface area contributed by atoms with E-state index in [1.165, 1.54) is 6.26 Å². The van der Waals surface area contributed by atoms with Crippen LogP contribution in [0.2, 0.25) is 0 Å². The number of aliphatic hydroxyl groups is 1. The number of nitrogens with zero attached hydrogens (tertiary/aromatic N) is 5. The third-order valence-electron chi connectivity index (χ3n) is 6.31. The summed E-state index contributed by atoms with van der Waals surface area (Å²) in [5, 5.41) is 9.30. The van der Waals surface area contributed by atoms with Gasteiger partial charge in [-0.25, -0.2) is 23.4 Å². The van der Waals surface area contributed by atoms with Gasteiger partial charge >= 0.3 is 6.18 Å². The van der Waals surface area contributed by atoms with Crippen LogP contribution in [0.1, 0.15) is 30.8 Å². The zero-order valence-electron chi connectivity index (χ0n) is 20.8. The summed E-state index contributed by atoms with van der Waals surface area (Å²) >= 11 is 0. The number of hydrogen-bond acceptors (Lipinski definition) is 9. The molecule has 1 aromatic carbocycles. The van der Waals surface area contributed by atoms with Gasteiger partial charge in [0.1, 0.15) is 6.26 Å². The number of rotatable bonds is 6. The molecule has 2 aromatic heterocycles. The molecule has 0 aliphatic carbocycles. The van der Waals surface area contributed by atoms with Crippen LogP contribution in [-0.4, -0.2) is 60.4 Å². The van der Waals surface area contributed by atoms with Crippen LogP contribution < -0.4 is 9.80 Å². The molecule has 0 radical (unpaired) electrons. The van der Waals surface area contributed by atoms with Crippen molar-refractivity contribution in [3.8, 4) is 11.5 Å². The lowest BCUT2D eigenvalue weighted by Gasteiger charge is -2.44. The van der Waals surface area contributed by atoms with Crippen LogP contribution in [0.25, 0.3) is 11.5 Å². The summed E-state index contributed by atoms with van der Waals surface area (Å²) in [7, 11) is -3.63. The Balaban J connectivity index is 1.67. The highest BCUT2D eigenvalue weighted by Crippen LogP contribution is 2.35. The van der Waals surface area contributed by atoms with Gasteiger partial charge in [0.25, 0.3) is 0 Å². The van der Waals surface area contributed by atoms with Gasteiger partial charge in [-0.3, -0.25) is 0 Å². The number of alkyl halides is 3. The van der Waals surface area contributed by atoms with Gasteiger partial charge in [-0.15, -0.1) is 0 Å². The van der Waals surface area contributed by atoms with Crippen molar-refractivity contribution in [3.63, 3.8) is 0 Å². The van der Waals surface area contributed by atoms with Crippen LogP contribution in [-0.2, 0) is 22.6 Å². The average Bonchev–Trinajstić information content (AvgIpc) is 3.28. The molecule has 1 aliphatic heterocycles. The van der Waals surface area contributed by atoms with Crippen molar-refractivity contribution in [2.75, 3.05) is 35.7 Å². The Kier molecular flexibility index (Phi) is 7.21. The van der Waals surface area contributed by atoms with E-state index in [0.717, 1.165) is 12.5 Å². The third kappa shape index (κ3) is 5.57.